The molecule has 182 valence electrons. The molecule has 1 fully saturated rings. The highest BCUT2D eigenvalue weighted by molar-refractivity contribution is 6.03. The van der Waals surface area contributed by atoms with Gasteiger partial charge in [-0.1, -0.05) is 72.8 Å². The number of hydrogen-bond donors (Lipinski definition) is 1. The lowest BCUT2D eigenvalue weighted by Crippen LogP contribution is -2.55. The number of aliphatic hydroxyl groups is 1. The molecule has 0 spiro atoms. The number of methoxy groups -OCH3 is 1. The molecule has 1 saturated heterocycles. The highest BCUT2D eigenvalue weighted by Gasteiger charge is 2.49. The van der Waals surface area contributed by atoms with E-state index in [0.29, 0.717) is 18.5 Å². The van der Waals surface area contributed by atoms with Crippen LogP contribution >= 0.6 is 0 Å². The zero-order valence-corrected chi connectivity index (χ0v) is 20.1. The first-order valence-electron chi connectivity index (χ1n) is 12.1. The van der Waals surface area contributed by atoms with Gasteiger partial charge in [0.1, 0.15) is 17.2 Å². The fraction of sp³-hybridized carbons (Fsp3) is 0.194. The van der Waals surface area contributed by atoms with E-state index < -0.39 is 5.60 Å². The summed E-state index contributed by atoms with van der Waals surface area (Å²) in [6.07, 6.45) is 0.856. The van der Waals surface area contributed by atoms with Gasteiger partial charge in [0.25, 0.3) is 0 Å². The molecule has 0 bridgehead atoms. The summed E-state index contributed by atoms with van der Waals surface area (Å²) in [5.74, 6) is 0.0187. The molecule has 4 aromatic carbocycles. The lowest BCUT2D eigenvalue weighted by Gasteiger charge is -2.48. The fourth-order valence-electron chi connectivity index (χ4n) is 5.15. The number of nitrogens with zero attached hydrogens (tertiary/aromatic N) is 1. The minimum absolute atomic E-state index is 0.0362. The Bertz CT molecular complexity index is 1270. The van der Waals surface area contributed by atoms with Crippen molar-refractivity contribution in [3.63, 3.8) is 0 Å². The van der Waals surface area contributed by atoms with Gasteiger partial charge in [-0.25, -0.2) is 4.39 Å². The van der Waals surface area contributed by atoms with E-state index in [1.165, 1.54) is 12.1 Å². The number of anilines is 1. The Morgan fingerprint density at radius 2 is 1.39 bits per heavy atom. The molecule has 5 heteroatoms. The zero-order valence-electron chi connectivity index (χ0n) is 20.1. The standard InChI is InChI=1S/C31H28FNO3/c1-36-27-18-12-22(13-19-27)29-28(30(34)33(29)26-16-14-25(32)15-17-26)20-21-31(35,23-8-4-2-5-9-23)24-10-6-3-7-11-24/h2-19,28-29,35H,20-21H2,1H3/t28-,29-/m1/s1. The topological polar surface area (TPSA) is 49.8 Å². The SMILES string of the molecule is COc1ccc([C@@H]2[C@@H](CCC(O)(c3ccccc3)c3ccccc3)C(=O)N2c2ccc(F)cc2)cc1. The molecular weight excluding hydrogens is 453 g/mol. The lowest BCUT2D eigenvalue weighted by molar-refractivity contribution is -0.131. The van der Waals surface area contributed by atoms with Crippen molar-refractivity contribution < 1.29 is 19.0 Å². The van der Waals surface area contributed by atoms with Crippen LogP contribution in [0.2, 0.25) is 0 Å². The molecule has 4 aromatic rings. The Morgan fingerprint density at radius 3 is 1.92 bits per heavy atom. The third-order valence-electron chi connectivity index (χ3n) is 7.10. The third-order valence-corrected chi connectivity index (χ3v) is 7.10. The van der Waals surface area contributed by atoms with Gasteiger partial charge in [-0.05, 0) is 65.9 Å². The first-order valence-corrected chi connectivity index (χ1v) is 12.1. The average molecular weight is 482 g/mol. The van der Waals surface area contributed by atoms with Crippen LogP contribution in [-0.4, -0.2) is 18.1 Å². The normalized spacial score (nSPS) is 17.5. The van der Waals surface area contributed by atoms with Gasteiger partial charge < -0.3 is 14.7 Å². The summed E-state index contributed by atoms with van der Waals surface area (Å²) in [5.41, 5.74) is 1.97. The molecule has 36 heavy (non-hydrogen) atoms. The van der Waals surface area contributed by atoms with Gasteiger partial charge in [-0.2, -0.15) is 0 Å². The number of hydrogen-bond acceptors (Lipinski definition) is 3. The molecule has 1 aliphatic heterocycles. The summed E-state index contributed by atoms with van der Waals surface area (Å²) in [6.45, 7) is 0. The van der Waals surface area contributed by atoms with Crippen LogP contribution in [0.1, 0.15) is 35.6 Å². The van der Waals surface area contributed by atoms with E-state index in [4.69, 9.17) is 4.74 Å². The van der Waals surface area contributed by atoms with Crippen molar-refractivity contribution in [3.8, 4) is 5.75 Å². The van der Waals surface area contributed by atoms with Gasteiger partial charge in [0.2, 0.25) is 5.91 Å². The van der Waals surface area contributed by atoms with Crippen LogP contribution in [0.3, 0.4) is 0 Å². The van der Waals surface area contributed by atoms with Gasteiger partial charge in [0.05, 0.1) is 19.1 Å². The Balaban J connectivity index is 1.47. The van der Waals surface area contributed by atoms with Crippen molar-refractivity contribution in [1.29, 1.82) is 0 Å². The van der Waals surface area contributed by atoms with E-state index in [9.17, 15) is 14.3 Å². The number of amides is 1. The second kappa shape index (κ2) is 9.96. The number of benzene rings is 4. The quantitative estimate of drug-likeness (QED) is 0.303. The van der Waals surface area contributed by atoms with Crippen LogP contribution in [0.4, 0.5) is 10.1 Å². The molecule has 5 rings (SSSR count). The van der Waals surface area contributed by atoms with Crippen LogP contribution in [0.15, 0.2) is 109 Å². The zero-order chi connectivity index (χ0) is 25.1. The van der Waals surface area contributed by atoms with Gasteiger partial charge in [0, 0.05) is 5.69 Å². The Labute approximate surface area is 210 Å². The van der Waals surface area contributed by atoms with Crippen molar-refractivity contribution in [2.75, 3.05) is 12.0 Å². The van der Waals surface area contributed by atoms with Gasteiger partial charge in [-0.3, -0.25) is 4.79 Å². The third kappa shape index (κ3) is 4.38. The Hall–Kier alpha value is -3.96. The molecule has 1 heterocycles. The van der Waals surface area contributed by atoms with Crippen LogP contribution in [0.5, 0.6) is 5.75 Å². The molecule has 1 aliphatic rings. The average Bonchev–Trinajstić information content (AvgIpc) is 2.93. The van der Waals surface area contributed by atoms with Crippen molar-refractivity contribution in [2.24, 2.45) is 5.92 Å². The molecular formula is C31H28FNO3. The van der Waals surface area contributed by atoms with E-state index in [2.05, 4.69) is 0 Å². The van der Waals surface area contributed by atoms with Crippen molar-refractivity contribution >= 4 is 11.6 Å². The summed E-state index contributed by atoms with van der Waals surface area (Å²) in [6, 6.07) is 32.6. The van der Waals surface area contributed by atoms with Crippen LogP contribution < -0.4 is 9.64 Å². The fourth-order valence-corrected chi connectivity index (χ4v) is 5.15. The second-order valence-corrected chi connectivity index (χ2v) is 9.14. The number of β-lactam (4-membered cyclic amide) rings is 1. The Morgan fingerprint density at radius 1 is 0.833 bits per heavy atom. The van der Waals surface area contributed by atoms with Gasteiger partial charge in [-0.15, -0.1) is 0 Å². The monoisotopic (exact) mass is 481 g/mol. The van der Waals surface area contributed by atoms with E-state index in [1.54, 1.807) is 24.1 Å². The molecule has 1 amide bonds. The van der Waals surface area contributed by atoms with Gasteiger partial charge >= 0.3 is 0 Å². The lowest BCUT2D eigenvalue weighted by atomic mass is 9.74. The van der Waals surface area contributed by atoms with Crippen LogP contribution in [-0.2, 0) is 10.4 Å². The maximum absolute atomic E-state index is 13.6. The number of halogens is 1. The number of carbonyl (C=O) groups excluding carboxylic acids is 1. The van der Waals surface area contributed by atoms with Crippen molar-refractivity contribution in [1.82, 2.24) is 0 Å². The second-order valence-electron chi connectivity index (χ2n) is 9.14. The number of rotatable bonds is 8. The maximum Gasteiger partial charge on any atom is 0.233 e. The predicted octanol–water partition coefficient (Wildman–Crippen LogP) is 6.25. The number of ether oxygens (including phenoxy) is 1. The van der Waals surface area contributed by atoms with Crippen LogP contribution in [0, 0.1) is 11.7 Å². The summed E-state index contributed by atoms with van der Waals surface area (Å²) >= 11 is 0. The summed E-state index contributed by atoms with van der Waals surface area (Å²) in [5, 5.41) is 12.0. The first kappa shape index (κ1) is 23.8. The molecule has 0 saturated carbocycles. The summed E-state index contributed by atoms with van der Waals surface area (Å²) in [7, 11) is 1.61. The van der Waals surface area contributed by atoms with E-state index >= 15 is 0 Å². The minimum Gasteiger partial charge on any atom is -0.497 e. The van der Waals surface area contributed by atoms with Crippen LogP contribution in [0.25, 0.3) is 0 Å². The smallest absolute Gasteiger partial charge is 0.233 e. The van der Waals surface area contributed by atoms with E-state index in [1.807, 2.05) is 84.9 Å². The van der Waals surface area contributed by atoms with Crippen molar-refractivity contribution in [3.05, 3.63) is 132 Å². The molecule has 0 aromatic heterocycles. The summed E-state index contributed by atoms with van der Waals surface area (Å²) < 4.78 is 18.9. The molecule has 2 atom stereocenters. The summed E-state index contributed by atoms with van der Waals surface area (Å²) in [4.78, 5) is 15.2. The van der Waals surface area contributed by atoms with Crippen molar-refractivity contribution in [2.45, 2.75) is 24.5 Å². The highest BCUT2D eigenvalue weighted by atomic mass is 19.1. The number of carbonyl (C=O) groups is 1. The maximum atomic E-state index is 13.6. The first-order chi connectivity index (χ1) is 17.5. The Kier molecular flexibility index (Phi) is 6.57. The highest BCUT2D eigenvalue weighted by Crippen LogP contribution is 2.48. The predicted molar refractivity (Wildman–Crippen MR) is 138 cm³/mol. The molecule has 0 radical (unpaired) electrons. The molecule has 0 aliphatic carbocycles. The minimum atomic E-state index is -1.23. The molecule has 1 N–H and O–H groups in total. The molecule has 0 unspecified atom stereocenters. The van der Waals surface area contributed by atoms with Gasteiger partial charge in [0.15, 0.2) is 0 Å². The van der Waals surface area contributed by atoms with E-state index in [-0.39, 0.29) is 23.7 Å². The molecule has 4 nitrogen and oxygen atoms in total. The largest absolute Gasteiger partial charge is 0.497 e. The van der Waals surface area contributed by atoms with E-state index in [0.717, 1.165) is 22.4 Å².